The molecule has 2 aliphatic rings. The fourth-order valence-electron chi connectivity index (χ4n) is 3.36. The zero-order chi connectivity index (χ0) is 17.6. The van der Waals surface area contributed by atoms with Gasteiger partial charge in [0, 0.05) is 36.4 Å². The highest BCUT2D eigenvalue weighted by Gasteiger charge is 2.41. The van der Waals surface area contributed by atoms with Crippen molar-refractivity contribution in [1.29, 1.82) is 0 Å². The minimum Gasteiger partial charge on any atom is -0.416 e. The number of rotatable bonds is 5. The summed E-state index contributed by atoms with van der Waals surface area (Å²) < 4.78 is 19.5. The van der Waals surface area contributed by atoms with Gasteiger partial charge in [0.15, 0.2) is 10.8 Å². The lowest BCUT2D eigenvalue weighted by Gasteiger charge is -2.27. The third kappa shape index (κ3) is 3.24. The maximum atomic E-state index is 14.4. The Kier molecular flexibility index (Phi) is 4.17. The van der Waals surface area contributed by atoms with E-state index in [4.69, 9.17) is 4.74 Å². The van der Waals surface area contributed by atoms with E-state index in [1.807, 2.05) is 11.0 Å². The van der Waals surface area contributed by atoms with Gasteiger partial charge in [-0.3, -0.25) is 14.5 Å². The summed E-state index contributed by atoms with van der Waals surface area (Å²) in [6, 6.07) is 7.83. The van der Waals surface area contributed by atoms with Crippen molar-refractivity contribution >= 4 is 23.1 Å². The van der Waals surface area contributed by atoms with Gasteiger partial charge in [-0.15, -0.1) is 11.3 Å². The summed E-state index contributed by atoms with van der Waals surface area (Å²) in [5.41, 5.74) is 1.50. The number of halogens is 1. The first kappa shape index (κ1) is 16.4. The lowest BCUT2D eigenvalue weighted by Crippen LogP contribution is -2.31. The largest absolute Gasteiger partial charge is 0.416 e. The predicted octanol–water partition coefficient (Wildman–Crippen LogP) is 3.85. The fourth-order valence-corrected chi connectivity index (χ4v) is 4.45. The molecule has 1 saturated carbocycles. The maximum absolute atomic E-state index is 14.4. The van der Waals surface area contributed by atoms with Crippen LogP contribution in [0.1, 0.15) is 41.8 Å². The van der Waals surface area contributed by atoms with Crippen LogP contribution >= 0.6 is 11.3 Å². The number of esters is 1. The van der Waals surface area contributed by atoms with Crippen LogP contribution in [0, 0.1) is 11.7 Å². The number of thiophene rings is 1. The topological polar surface area (TPSA) is 46.6 Å². The minimum absolute atomic E-state index is 0.0554. The van der Waals surface area contributed by atoms with Crippen LogP contribution in [0.5, 0.6) is 5.06 Å². The Morgan fingerprint density at radius 1 is 1.28 bits per heavy atom. The number of Topliss-reactive ketones (excluding diaryl/α,β-unsaturated/α-hetero) is 1. The number of carbonyl (C=O) groups is 2. The van der Waals surface area contributed by atoms with Crippen molar-refractivity contribution in [1.82, 2.24) is 4.90 Å². The van der Waals surface area contributed by atoms with Crippen LogP contribution in [0.2, 0.25) is 0 Å². The molecule has 130 valence electrons. The molecule has 6 heteroatoms. The summed E-state index contributed by atoms with van der Waals surface area (Å²) in [6.07, 6.45) is 1.80. The van der Waals surface area contributed by atoms with E-state index >= 15 is 0 Å². The van der Waals surface area contributed by atoms with Crippen LogP contribution in [0.4, 0.5) is 4.39 Å². The van der Waals surface area contributed by atoms with Crippen LogP contribution in [0.15, 0.2) is 30.3 Å². The molecular formula is C19H18FNO3S. The average Bonchev–Trinajstić information content (AvgIpc) is 3.24. The Balaban J connectivity index is 1.60. The molecule has 0 bridgehead atoms. The molecule has 4 nitrogen and oxygen atoms in total. The molecule has 2 heterocycles. The molecule has 25 heavy (non-hydrogen) atoms. The summed E-state index contributed by atoms with van der Waals surface area (Å²) in [5.74, 6) is -0.511. The van der Waals surface area contributed by atoms with Gasteiger partial charge in [-0.1, -0.05) is 18.2 Å². The lowest BCUT2D eigenvalue weighted by molar-refractivity contribution is -0.131. The molecule has 2 aromatic rings. The van der Waals surface area contributed by atoms with E-state index in [9.17, 15) is 14.0 Å². The highest BCUT2D eigenvalue weighted by Crippen LogP contribution is 2.43. The number of hydrogen-bond donors (Lipinski definition) is 0. The summed E-state index contributed by atoms with van der Waals surface area (Å²) in [6.45, 7) is 2.50. The van der Waals surface area contributed by atoms with Crippen molar-refractivity contribution in [2.45, 2.75) is 38.9 Å². The molecule has 0 amide bonds. The molecule has 1 aromatic heterocycles. The average molecular weight is 359 g/mol. The van der Waals surface area contributed by atoms with Crippen molar-refractivity contribution in [3.63, 3.8) is 0 Å². The zero-order valence-corrected chi connectivity index (χ0v) is 14.6. The second-order valence-electron chi connectivity index (χ2n) is 6.61. The smallest absolute Gasteiger partial charge is 0.308 e. The van der Waals surface area contributed by atoms with Gasteiger partial charge in [-0.05, 0) is 30.5 Å². The van der Waals surface area contributed by atoms with Crippen molar-refractivity contribution in [2.75, 3.05) is 0 Å². The number of carbonyl (C=O) groups excluding carboxylic acids is 2. The van der Waals surface area contributed by atoms with Gasteiger partial charge in [0.2, 0.25) is 0 Å². The van der Waals surface area contributed by atoms with Gasteiger partial charge in [0.25, 0.3) is 0 Å². The van der Waals surface area contributed by atoms with Crippen molar-refractivity contribution in [3.05, 3.63) is 52.2 Å². The van der Waals surface area contributed by atoms with Crippen molar-refractivity contribution in [3.8, 4) is 5.06 Å². The van der Waals surface area contributed by atoms with Crippen LogP contribution in [0.25, 0.3) is 0 Å². The normalized spacial score (nSPS) is 18.0. The Morgan fingerprint density at radius 2 is 2.04 bits per heavy atom. The van der Waals surface area contributed by atoms with Gasteiger partial charge in [0.1, 0.15) is 5.82 Å². The lowest BCUT2D eigenvalue weighted by atomic mass is 9.97. The molecule has 1 atom stereocenters. The van der Waals surface area contributed by atoms with Gasteiger partial charge in [-0.2, -0.15) is 0 Å². The summed E-state index contributed by atoms with van der Waals surface area (Å²) >= 11 is 1.42. The van der Waals surface area contributed by atoms with Crippen molar-refractivity contribution < 1.29 is 18.7 Å². The van der Waals surface area contributed by atoms with E-state index < -0.39 is 6.04 Å². The first-order valence-corrected chi connectivity index (χ1v) is 9.17. The predicted molar refractivity (Wildman–Crippen MR) is 91.7 cm³/mol. The molecule has 1 aliphatic heterocycles. The number of ketones is 1. The van der Waals surface area contributed by atoms with Crippen LogP contribution in [0.3, 0.4) is 0 Å². The number of ether oxygens (including phenoxy) is 1. The monoisotopic (exact) mass is 359 g/mol. The van der Waals surface area contributed by atoms with Crippen molar-refractivity contribution in [2.24, 2.45) is 5.92 Å². The molecular weight excluding hydrogens is 341 g/mol. The molecule has 1 fully saturated rings. The molecule has 0 radical (unpaired) electrons. The fraction of sp³-hybridized carbons (Fsp3) is 0.368. The Bertz CT molecular complexity index is 819. The summed E-state index contributed by atoms with van der Waals surface area (Å²) in [4.78, 5) is 27.0. The first-order valence-electron chi connectivity index (χ1n) is 8.35. The molecule has 1 aliphatic carbocycles. The number of fused-ring (bicyclic) bond motifs is 1. The minimum atomic E-state index is -0.550. The third-order valence-electron chi connectivity index (χ3n) is 4.65. The van der Waals surface area contributed by atoms with E-state index in [-0.39, 0.29) is 23.5 Å². The van der Waals surface area contributed by atoms with E-state index in [1.54, 1.807) is 18.2 Å². The SMILES string of the molecule is CC(=O)Oc1cc2c(s1)CN(C(C(=O)C1CC1)c1ccccc1F)C2. The summed E-state index contributed by atoms with van der Waals surface area (Å²) in [7, 11) is 0. The standard InChI is InChI=1S/C19H18FNO3S/c1-11(22)24-17-8-13-9-21(10-16(13)25-17)18(19(23)12-6-7-12)14-4-2-3-5-15(14)20/h2-5,8,12,18H,6-7,9-10H2,1H3. The maximum Gasteiger partial charge on any atom is 0.308 e. The zero-order valence-electron chi connectivity index (χ0n) is 13.8. The number of nitrogens with zero attached hydrogens (tertiary/aromatic N) is 1. The first-order chi connectivity index (χ1) is 12.0. The highest BCUT2D eigenvalue weighted by molar-refractivity contribution is 7.14. The Hall–Kier alpha value is -2.05. The molecule has 0 spiro atoms. The quantitative estimate of drug-likeness (QED) is 0.761. The van der Waals surface area contributed by atoms with E-state index in [0.29, 0.717) is 23.7 Å². The third-order valence-corrected chi connectivity index (χ3v) is 5.69. The van der Waals surface area contributed by atoms with Gasteiger partial charge < -0.3 is 4.74 Å². The van der Waals surface area contributed by atoms with E-state index in [0.717, 1.165) is 23.3 Å². The molecule has 1 unspecified atom stereocenters. The molecule has 4 rings (SSSR count). The second-order valence-corrected chi connectivity index (χ2v) is 7.71. The Morgan fingerprint density at radius 3 is 2.68 bits per heavy atom. The van der Waals surface area contributed by atoms with E-state index in [2.05, 4.69) is 0 Å². The Labute approximate surface area is 149 Å². The number of hydrogen-bond acceptors (Lipinski definition) is 5. The van der Waals surface area contributed by atoms with Gasteiger partial charge in [-0.25, -0.2) is 4.39 Å². The number of benzene rings is 1. The molecule has 1 aromatic carbocycles. The van der Waals surface area contributed by atoms with E-state index in [1.165, 1.54) is 24.3 Å². The molecule has 0 saturated heterocycles. The van der Waals surface area contributed by atoms with Crippen LogP contribution in [-0.4, -0.2) is 16.7 Å². The van der Waals surface area contributed by atoms with Crippen LogP contribution in [-0.2, 0) is 22.7 Å². The summed E-state index contributed by atoms with van der Waals surface area (Å²) in [5, 5.41) is 0.577. The highest BCUT2D eigenvalue weighted by atomic mass is 32.1. The van der Waals surface area contributed by atoms with Gasteiger partial charge in [0.05, 0.1) is 6.04 Å². The molecule has 0 N–H and O–H groups in total. The van der Waals surface area contributed by atoms with Crippen LogP contribution < -0.4 is 4.74 Å². The van der Waals surface area contributed by atoms with Gasteiger partial charge >= 0.3 is 5.97 Å². The second kappa shape index (κ2) is 6.35.